The summed E-state index contributed by atoms with van der Waals surface area (Å²) in [4.78, 5) is 36.2. The Morgan fingerprint density at radius 3 is 2.24 bits per heavy atom. The maximum Gasteiger partial charge on any atom is 0.251 e. The van der Waals surface area contributed by atoms with Gasteiger partial charge in [0.1, 0.15) is 18.4 Å². The highest BCUT2D eigenvalue weighted by Gasteiger charge is 2.18. The number of carbonyl (C=O) groups is 3. The van der Waals surface area contributed by atoms with Crippen LogP contribution in [0.5, 0.6) is 5.75 Å². The minimum atomic E-state index is -0.932. The summed E-state index contributed by atoms with van der Waals surface area (Å²) >= 11 is 0. The first-order valence-corrected chi connectivity index (χ1v) is 12.2. The van der Waals surface area contributed by atoms with Gasteiger partial charge in [-0.2, -0.15) is 0 Å². The molecular weight excluding hydrogens is 482 g/mol. The Kier molecular flexibility index (Phi) is 10.6. The number of aryl methyl sites for hydroxylation is 1. The number of amides is 2. The van der Waals surface area contributed by atoms with Crippen molar-refractivity contribution in [2.24, 2.45) is 5.73 Å². The fourth-order valence-electron chi connectivity index (χ4n) is 3.61. The molecule has 0 aromatic heterocycles. The van der Waals surface area contributed by atoms with Crippen molar-refractivity contribution < 1.29 is 24.2 Å². The van der Waals surface area contributed by atoms with E-state index < -0.39 is 24.3 Å². The van der Waals surface area contributed by atoms with Gasteiger partial charge in [0.25, 0.3) is 5.91 Å². The van der Waals surface area contributed by atoms with Gasteiger partial charge >= 0.3 is 0 Å². The molecule has 0 aliphatic heterocycles. The highest BCUT2D eigenvalue weighted by molar-refractivity contribution is 5.98. The van der Waals surface area contributed by atoms with E-state index in [9.17, 15) is 14.4 Å². The summed E-state index contributed by atoms with van der Waals surface area (Å²) in [6, 6.07) is 20.8. The molecule has 0 heterocycles. The number of carbonyl (C=O) groups excluding carboxylic acids is 3. The molecule has 8 nitrogen and oxygen atoms in total. The molecule has 38 heavy (non-hydrogen) atoms. The van der Waals surface area contributed by atoms with E-state index in [1.165, 1.54) is 0 Å². The minimum absolute atomic E-state index is 0.0469. The molecule has 0 aliphatic rings. The predicted octanol–water partition coefficient (Wildman–Crippen LogP) is 2.67. The van der Waals surface area contributed by atoms with Crippen LogP contribution < -0.4 is 21.1 Å². The first-order valence-electron chi connectivity index (χ1n) is 12.2. The maximum atomic E-state index is 12.3. The Morgan fingerprint density at radius 2 is 1.63 bits per heavy atom. The van der Waals surface area contributed by atoms with E-state index in [4.69, 9.17) is 15.6 Å². The van der Waals surface area contributed by atoms with Crippen LogP contribution in [0.4, 0.5) is 5.69 Å². The van der Waals surface area contributed by atoms with E-state index in [-0.39, 0.29) is 12.5 Å². The van der Waals surface area contributed by atoms with Crippen LogP contribution >= 0.6 is 0 Å². The van der Waals surface area contributed by atoms with Crippen molar-refractivity contribution in [2.45, 2.75) is 25.3 Å². The van der Waals surface area contributed by atoms with Crippen LogP contribution in [0, 0.1) is 11.8 Å². The van der Waals surface area contributed by atoms with Gasteiger partial charge in [-0.15, -0.1) is 0 Å². The van der Waals surface area contributed by atoms with Gasteiger partial charge in [0.15, 0.2) is 5.78 Å². The number of ether oxygens (including phenoxy) is 1. The van der Waals surface area contributed by atoms with Gasteiger partial charge in [-0.1, -0.05) is 24.0 Å². The van der Waals surface area contributed by atoms with Crippen LogP contribution in [-0.4, -0.2) is 49.0 Å². The molecule has 0 bridgehead atoms. The van der Waals surface area contributed by atoms with Gasteiger partial charge in [-0.05, 0) is 79.1 Å². The third kappa shape index (κ3) is 8.59. The van der Waals surface area contributed by atoms with Crippen molar-refractivity contribution >= 4 is 23.3 Å². The highest BCUT2D eigenvalue weighted by Crippen LogP contribution is 2.15. The third-order valence-corrected chi connectivity index (χ3v) is 5.76. The topological polar surface area (TPSA) is 131 Å². The second-order valence-corrected chi connectivity index (χ2v) is 8.54. The van der Waals surface area contributed by atoms with Crippen LogP contribution in [-0.2, 0) is 16.0 Å². The van der Waals surface area contributed by atoms with Crippen LogP contribution in [0.3, 0.4) is 0 Å². The van der Waals surface area contributed by atoms with Crippen LogP contribution in [0.2, 0.25) is 0 Å². The molecule has 3 aromatic carbocycles. The van der Waals surface area contributed by atoms with Crippen molar-refractivity contribution in [3.8, 4) is 17.6 Å². The lowest BCUT2D eigenvalue weighted by Gasteiger charge is -2.14. The average Bonchev–Trinajstić information content (AvgIpc) is 2.95. The number of hydrogen-bond donors (Lipinski definition) is 4. The number of anilines is 1. The third-order valence-electron chi connectivity index (χ3n) is 5.76. The Balaban J connectivity index is 1.48. The Morgan fingerprint density at radius 1 is 0.974 bits per heavy atom. The Bertz CT molecular complexity index is 1310. The predicted molar refractivity (Wildman–Crippen MR) is 146 cm³/mol. The van der Waals surface area contributed by atoms with Crippen molar-refractivity contribution in [1.29, 1.82) is 0 Å². The molecule has 0 fully saturated rings. The molecule has 1 atom stereocenters. The quantitative estimate of drug-likeness (QED) is 0.292. The smallest absolute Gasteiger partial charge is 0.251 e. The van der Waals surface area contributed by atoms with E-state index in [0.29, 0.717) is 23.2 Å². The molecule has 0 aliphatic carbocycles. The number of benzene rings is 3. The van der Waals surface area contributed by atoms with Gasteiger partial charge in [0, 0.05) is 35.3 Å². The normalized spacial score (nSPS) is 11.0. The average molecular weight is 514 g/mol. The number of ketones is 1. The number of rotatable bonds is 11. The molecule has 0 radical (unpaired) electrons. The molecule has 8 heteroatoms. The zero-order valence-corrected chi connectivity index (χ0v) is 21.2. The number of aliphatic hydroxyl groups excluding tert-OH is 1. The lowest BCUT2D eigenvalue weighted by Crippen LogP contribution is -2.46. The number of aliphatic hydroxyl groups is 1. The van der Waals surface area contributed by atoms with Crippen molar-refractivity contribution in [1.82, 2.24) is 5.32 Å². The summed E-state index contributed by atoms with van der Waals surface area (Å²) in [5, 5.41) is 14.4. The fraction of sp³-hybridized carbons (Fsp3) is 0.233. The molecule has 0 spiro atoms. The molecular formula is C30H31N3O5. The summed E-state index contributed by atoms with van der Waals surface area (Å²) in [6.07, 6.45) is 1.94. The largest absolute Gasteiger partial charge is 0.497 e. The summed E-state index contributed by atoms with van der Waals surface area (Å²) in [6.45, 7) is -0.781. The summed E-state index contributed by atoms with van der Waals surface area (Å²) < 4.78 is 5.23. The number of methoxy groups -OCH3 is 1. The van der Waals surface area contributed by atoms with Gasteiger partial charge in [0.05, 0.1) is 7.11 Å². The van der Waals surface area contributed by atoms with Gasteiger partial charge < -0.3 is 26.2 Å². The van der Waals surface area contributed by atoms with Crippen LogP contribution in [0.1, 0.15) is 39.9 Å². The first-order chi connectivity index (χ1) is 18.4. The van der Waals surface area contributed by atoms with Gasteiger partial charge in [-0.3, -0.25) is 14.4 Å². The van der Waals surface area contributed by atoms with E-state index >= 15 is 0 Å². The van der Waals surface area contributed by atoms with E-state index in [1.807, 2.05) is 36.4 Å². The van der Waals surface area contributed by atoms with Crippen molar-refractivity contribution in [3.05, 3.63) is 95.1 Å². The number of hydrogen-bond acceptors (Lipinski definition) is 6. The van der Waals surface area contributed by atoms with Crippen molar-refractivity contribution in [3.63, 3.8) is 0 Å². The van der Waals surface area contributed by atoms with E-state index in [0.717, 1.165) is 29.7 Å². The van der Waals surface area contributed by atoms with E-state index in [2.05, 4.69) is 22.5 Å². The molecule has 0 saturated heterocycles. The standard InChI is InChI=1S/C30H31N3O5/c1-38-26-6-2-4-23(18-26)5-3-7-29(36)32-25-16-12-22(13-17-25)9-8-21-10-14-24(15-11-21)30(37)33-27(19-31)28(35)20-34/h2,4,6,10-18,27,34H,3,5,7,19-20,31H2,1H3,(H,32,36)(H,33,37)/t27-/m0/s1. The van der Waals surface area contributed by atoms with Gasteiger partial charge in [0.2, 0.25) is 5.91 Å². The molecule has 2 amide bonds. The molecule has 196 valence electrons. The minimum Gasteiger partial charge on any atom is -0.497 e. The second kappa shape index (κ2) is 14.3. The Hall–Kier alpha value is -4.45. The number of nitrogens with two attached hydrogens (primary N) is 1. The highest BCUT2D eigenvalue weighted by atomic mass is 16.5. The summed E-state index contributed by atoms with van der Waals surface area (Å²) in [7, 11) is 1.63. The first kappa shape index (κ1) is 28.1. The van der Waals surface area contributed by atoms with Crippen LogP contribution in [0.15, 0.2) is 72.8 Å². The maximum absolute atomic E-state index is 12.3. The Labute approximate surface area is 222 Å². The second-order valence-electron chi connectivity index (χ2n) is 8.54. The van der Waals surface area contributed by atoms with Crippen LogP contribution in [0.25, 0.3) is 0 Å². The van der Waals surface area contributed by atoms with E-state index in [1.54, 1.807) is 43.5 Å². The fourth-order valence-corrected chi connectivity index (χ4v) is 3.61. The lowest BCUT2D eigenvalue weighted by atomic mass is 10.1. The molecule has 3 rings (SSSR count). The molecule has 5 N–H and O–H groups in total. The lowest BCUT2D eigenvalue weighted by molar-refractivity contribution is -0.123. The zero-order chi connectivity index (χ0) is 27.3. The van der Waals surface area contributed by atoms with Gasteiger partial charge in [-0.25, -0.2) is 0 Å². The number of nitrogens with one attached hydrogen (secondary N) is 2. The monoisotopic (exact) mass is 513 g/mol. The summed E-state index contributed by atoms with van der Waals surface area (Å²) in [5.41, 5.74) is 9.15. The molecule has 3 aromatic rings. The molecule has 0 saturated carbocycles. The van der Waals surface area contributed by atoms with Crippen molar-refractivity contribution in [2.75, 3.05) is 25.6 Å². The molecule has 0 unspecified atom stereocenters. The summed E-state index contributed by atoms with van der Waals surface area (Å²) in [5.74, 6) is 5.85. The SMILES string of the molecule is COc1cccc(CCCC(=O)Nc2ccc(C#Cc3ccc(C(=O)N[C@@H](CN)C(=O)CO)cc3)cc2)c1. The number of Topliss-reactive ketones (excluding diaryl/α,β-unsaturated/α-hetero) is 1. The zero-order valence-electron chi connectivity index (χ0n) is 21.2.